The summed E-state index contributed by atoms with van der Waals surface area (Å²) in [6, 6.07) is 15.9. The number of methoxy groups -OCH3 is 1. The van der Waals surface area contributed by atoms with Gasteiger partial charge in [0, 0.05) is 17.8 Å². The lowest BCUT2D eigenvalue weighted by Gasteiger charge is -2.11. The van der Waals surface area contributed by atoms with Crippen molar-refractivity contribution < 1.29 is 9.53 Å². The number of hydrogen-bond donors (Lipinski definition) is 3. The Balaban J connectivity index is 1.71. The quantitative estimate of drug-likeness (QED) is 0.438. The smallest absolute Gasteiger partial charge is 0.333 e. The number of nitrogens with one attached hydrogen (secondary N) is 3. The van der Waals surface area contributed by atoms with Crippen molar-refractivity contribution in [2.75, 3.05) is 12.4 Å². The number of aromatic nitrogens is 4. The van der Waals surface area contributed by atoms with Crippen LogP contribution >= 0.6 is 0 Å². The van der Waals surface area contributed by atoms with Gasteiger partial charge in [0.1, 0.15) is 11.3 Å². The van der Waals surface area contributed by atoms with E-state index in [4.69, 9.17) is 4.74 Å². The summed E-state index contributed by atoms with van der Waals surface area (Å²) in [5, 5.41) is 8.98. The van der Waals surface area contributed by atoms with E-state index in [-0.39, 0.29) is 16.8 Å². The average Bonchev–Trinajstić information content (AvgIpc) is 2.80. The number of nitrogens with zero attached hydrogens (tertiary/aromatic N) is 2. The number of carbonyl (C=O) groups is 1. The molecule has 160 valence electrons. The lowest BCUT2D eigenvalue weighted by atomic mass is 10.1. The molecule has 4 rings (SSSR count). The second-order valence-corrected chi connectivity index (χ2v) is 6.65. The minimum atomic E-state index is -0.781. The van der Waals surface area contributed by atoms with Crippen molar-refractivity contribution in [2.45, 2.75) is 0 Å². The van der Waals surface area contributed by atoms with Crippen LogP contribution in [0, 0.1) is 0 Å². The molecule has 10 heteroatoms. The van der Waals surface area contributed by atoms with Crippen LogP contribution in [0.4, 0.5) is 5.69 Å². The van der Waals surface area contributed by atoms with Gasteiger partial charge in [-0.25, -0.2) is 14.5 Å². The Morgan fingerprint density at radius 3 is 2.44 bits per heavy atom. The zero-order valence-corrected chi connectivity index (χ0v) is 16.8. The van der Waals surface area contributed by atoms with Crippen molar-refractivity contribution in [3.8, 4) is 22.7 Å². The van der Waals surface area contributed by atoms with E-state index in [2.05, 4.69) is 20.5 Å². The molecule has 1 amide bonds. The molecule has 0 unspecified atom stereocenters. The maximum Gasteiger partial charge on any atom is 0.333 e. The fourth-order valence-corrected chi connectivity index (χ4v) is 3.10. The third-order valence-electron chi connectivity index (χ3n) is 4.68. The summed E-state index contributed by atoms with van der Waals surface area (Å²) in [6.07, 6.45) is 1.07. The van der Waals surface area contributed by atoms with Gasteiger partial charge in [-0.15, -0.1) is 0 Å². The van der Waals surface area contributed by atoms with E-state index in [1.807, 2.05) is 0 Å². The second-order valence-electron chi connectivity index (χ2n) is 6.65. The number of para-hydroxylation sites is 1. The minimum Gasteiger partial charge on any atom is -0.497 e. The normalized spacial score (nSPS) is 10.5. The van der Waals surface area contributed by atoms with Crippen molar-refractivity contribution in [3.63, 3.8) is 0 Å². The number of ether oxygens (including phenoxy) is 1. The van der Waals surface area contributed by atoms with Gasteiger partial charge in [-0.1, -0.05) is 18.2 Å². The highest BCUT2D eigenvalue weighted by atomic mass is 16.5. The molecule has 2 aromatic heterocycles. The van der Waals surface area contributed by atoms with Crippen LogP contribution in [-0.2, 0) is 0 Å². The predicted octanol–water partition coefficient (Wildman–Crippen LogP) is 1.54. The highest BCUT2D eigenvalue weighted by molar-refractivity contribution is 6.05. The molecule has 0 aliphatic rings. The molecule has 0 fully saturated rings. The molecule has 0 aliphatic carbocycles. The number of hydrogen-bond acceptors (Lipinski definition) is 6. The Bertz CT molecular complexity index is 1450. The monoisotopic (exact) mass is 431 g/mol. The predicted molar refractivity (Wildman–Crippen MR) is 117 cm³/mol. The van der Waals surface area contributed by atoms with Crippen LogP contribution in [0.2, 0.25) is 0 Å². The molecule has 0 radical (unpaired) electrons. The van der Waals surface area contributed by atoms with E-state index in [0.717, 1.165) is 10.8 Å². The number of anilines is 1. The molecular weight excluding hydrogens is 414 g/mol. The number of aromatic amines is 2. The third kappa shape index (κ3) is 3.97. The number of benzene rings is 2. The van der Waals surface area contributed by atoms with Crippen molar-refractivity contribution in [3.05, 3.63) is 104 Å². The van der Waals surface area contributed by atoms with Crippen LogP contribution in [0.25, 0.3) is 16.9 Å². The van der Waals surface area contributed by atoms with Crippen molar-refractivity contribution in [1.29, 1.82) is 0 Å². The van der Waals surface area contributed by atoms with Gasteiger partial charge in [-0.2, -0.15) is 5.10 Å². The van der Waals surface area contributed by atoms with E-state index in [1.165, 1.54) is 31.4 Å². The van der Waals surface area contributed by atoms with Gasteiger partial charge < -0.3 is 15.0 Å². The summed E-state index contributed by atoms with van der Waals surface area (Å²) >= 11 is 0. The first-order valence-electron chi connectivity index (χ1n) is 9.43. The van der Waals surface area contributed by atoms with Crippen LogP contribution in [0.5, 0.6) is 5.75 Å². The van der Waals surface area contributed by atoms with E-state index in [0.29, 0.717) is 22.7 Å². The van der Waals surface area contributed by atoms with Gasteiger partial charge in [-0.3, -0.25) is 14.4 Å². The highest BCUT2D eigenvalue weighted by Gasteiger charge is 2.18. The maximum absolute atomic E-state index is 13.0. The Kier molecular flexibility index (Phi) is 5.49. The van der Waals surface area contributed by atoms with E-state index >= 15 is 0 Å². The summed E-state index contributed by atoms with van der Waals surface area (Å²) in [7, 11) is 1.50. The van der Waals surface area contributed by atoms with Gasteiger partial charge in [-0.05, 0) is 36.4 Å². The first-order valence-corrected chi connectivity index (χ1v) is 9.43. The fraction of sp³-hybridized carbons (Fsp3) is 0.0455. The van der Waals surface area contributed by atoms with Crippen LogP contribution < -0.4 is 26.9 Å². The lowest BCUT2D eigenvalue weighted by molar-refractivity contribution is 0.102. The molecule has 4 aromatic rings. The molecule has 0 atom stereocenters. The SMILES string of the molecule is COc1ccc(-n2c(=O)[nH]cc(C(=O)Nc3ccccc3-c3ccc(=O)[nH]n3)c2=O)cc1. The lowest BCUT2D eigenvalue weighted by Crippen LogP contribution is -2.38. The molecule has 2 heterocycles. The Labute approximate surface area is 180 Å². The van der Waals surface area contributed by atoms with E-state index < -0.39 is 17.2 Å². The molecule has 10 nitrogen and oxygen atoms in total. The van der Waals surface area contributed by atoms with E-state index in [9.17, 15) is 19.2 Å². The van der Waals surface area contributed by atoms with Gasteiger partial charge >= 0.3 is 5.69 Å². The minimum absolute atomic E-state index is 0.260. The molecule has 0 saturated carbocycles. The largest absolute Gasteiger partial charge is 0.497 e. The molecular formula is C22H17N5O5. The van der Waals surface area contributed by atoms with Gasteiger partial charge in [0.15, 0.2) is 0 Å². The molecule has 3 N–H and O–H groups in total. The summed E-state index contributed by atoms with van der Waals surface area (Å²) in [6.45, 7) is 0. The van der Waals surface area contributed by atoms with Crippen molar-refractivity contribution in [2.24, 2.45) is 0 Å². The molecule has 0 aliphatic heterocycles. The molecule has 0 spiro atoms. The average molecular weight is 431 g/mol. The van der Waals surface area contributed by atoms with Gasteiger partial charge in [0.25, 0.3) is 17.0 Å². The number of rotatable bonds is 5. The van der Waals surface area contributed by atoms with Gasteiger partial charge in [0.2, 0.25) is 0 Å². The van der Waals surface area contributed by atoms with Crippen molar-refractivity contribution in [1.82, 2.24) is 19.7 Å². The van der Waals surface area contributed by atoms with Crippen LogP contribution in [0.15, 0.2) is 81.2 Å². The topological polar surface area (TPSA) is 139 Å². The standard InChI is InChI=1S/C22H17N5O5/c1-32-14-8-6-13(7-9-14)27-21(30)16(12-23-22(27)31)20(29)24-17-5-3-2-4-15(17)18-10-11-19(28)26-25-18/h2-12H,1H3,(H,23,31)(H,24,29)(H,26,28). The van der Waals surface area contributed by atoms with Gasteiger partial charge in [0.05, 0.1) is 24.2 Å². The van der Waals surface area contributed by atoms with Crippen LogP contribution in [0.3, 0.4) is 0 Å². The van der Waals surface area contributed by atoms with Crippen LogP contribution in [-0.4, -0.2) is 32.8 Å². The number of H-pyrrole nitrogens is 2. The molecule has 0 saturated heterocycles. The molecule has 32 heavy (non-hydrogen) atoms. The zero-order chi connectivity index (χ0) is 22.7. The second kappa shape index (κ2) is 8.56. The first kappa shape index (κ1) is 20.5. The molecule has 2 aromatic carbocycles. The first-order chi connectivity index (χ1) is 15.5. The Morgan fingerprint density at radius 2 is 1.75 bits per heavy atom. The zero-order valence-electron chi connectivity index (χ0n) is 16.8. The summed E-state index contributed by atoms with van der Waals surface area (Å²) in [5.74, 6) is -0.162. The summed E-state index contributed by atoms with van der Waals surface area (Å²) in [5.41, 5.74) is -0.462. The Morgan fingerprint density at radius 1 is 1.00 bits per heavy atom. The molecule has 0 bridgehead atoms. The fourth-order valence-electron chi connectivity index (χ4n) is 3.10. The van der Waals surface area contributed by atoms with Crippen molar-refractivity contribution >= 4 is 11.6 Å². The van der Waals surface area contributed by atoms with E-state index in [1.54, 1.807) is 36.4 Å². The highest BCUT2D eigenvalue weighted by Crippen LogP contribution is 2.25. The maximum atomic E-state index is 13.0. The Hall–Kier alpha value is -4.73. The third-order valence-corrected chi connectivity index (χ3v) is 4.68. The number of carbonyl (C=O) groups excluding carboxylic acids is 1. The summed E-state index contributed by atoms with van der Waals surface area (Å²) < 4.78 is 5.95. The number of amides is 1. The van der Waals surface area contributed by atoms with Crippen LogP contribution in [0.1, 0.15) is 10.4 Å². The summed E-state index contributed by atoms with van der Waals surface area (Å²) in [4.78, 5) is 51.9.